The van der Waals surface area contributed by atoms with Crippen LogP contribution >= 0.6 is 0 Å². The molecule has 0 radical (unpaired) electrons. The highest BCUT2D eigenvalue weighted by Crippen LogP contribution is 2.03. The standard InChI is InChI=1S/C9H16/c1-5-9(6-2)7-8(3)4/h5-6H2,1-4H3. The Labute approximate surface area is 58.3 Å². The second-order valence-electron chi connectivity index (χ2n) is 2.44. The Balaban J connectivity index is 4.25. The molecule has 0 aromatic carbocycles. The summed E-state index contributed by atoms with van der Waals surface area (Å²) in [5.41, 5.74) is 6.02. The van der Waals surface area contributed by atoms with Crippen molar-refractivity contribution in [2.45, 2.75) is 40.5 Å². The fourth-order valence-electron chi connectivity index (χ4n) is 0.780. The third-order valence-electron chi connectivity index (χ3n) is 1.28. The van der Waals surface area contributed by atoms with E-state index in [4.69, 9.17) is 0 Å². The average Bonchev–Trinajstić information content (AvgIpc) is 1.82. The fourth-order valence-corrected chi connectivity index (χ4v) is 0.780. The van der Waals surface area contributed by atoms with Crippen molar-refractivity contribution in [1.29, 1.82) is 0 Å². The maximum Gasteiger partial charge on any atom is -0.0273 e. The molecule has 0 aliphatic carbocycles. The normalized spacial score (nSPS) is 8.44. The van der Waals surface area contributed by atoms with Gasteiger partial charge in [-0.05, 0) is 37.8 Å². The van der Waals surface area contributed by atoms with Gasteiger partial charge in [-0.3, -0.25) is 0 Å². The van der Waals surface area contributed by atoms with Crippen LogP contribution in [0.5, 0.6) is 0 Å². The van der Waals surface area contributed by atoms with Gasteiger partial charge in [0.15, 0.2) is 0 Å². The van der Waals surface area contributed by atoms with E-state index in [1.807, 2.05) is 0 Å². The third-order valence-corrected chi connectivity index (χ3v) is 1.28. The molecule has 0 spiro atoms. The van der Waals surface area contributed by atoms with Crippen LogP contribution in [0, 0.1) is 0 Å². The van der Waals surface area contributed by atoms with Gasteiger partial charge in [0.25, 0.3) is 0 Å². The first kappa shape index (κ1) is 8.52. The zero-order chi connectivity index (χ0) is 7.28. The molecule has 0 bridgehead atoms. The molecule has 0 aromatic rings. The highest BCUT2D eigenvalue weighted by Gasteiger charge is 1.84. The maximum absolute atomic E-state index is 3.31. The smallest absolute Gasteiger partial charge is 0.0273 e. The highest BCUT2D eigenvalue weighted by atomic mass is 13.9. The molecule has 0 N–H and O–H groups in total. The van der Waals surface area contributed by atoms with Crippen molar-refractivity contribution >= 4 is 0 Å². The lowest BCUT2D eigenvalue weighted by molar-refractivity contribution is 0.979. The van der Waals surface area contributed by atoms with Gasteiger partial charge in [0.2, 0.25) is 0 Å². The van der Waals surface area contributed by atoms with E-state index in [0.717, 1.165) is 12.8 Å². The number of allylic oxidation sites excluding steroid dienone is 1. The molecule has 0 heteroatoms. The Morgan fingerprint density at radius 3 is 1.67 bits per heavy atom. The van der Waals surface area contributed by atoms with Gasteiger partial charge in [-0.25, -0.2) is 0 Å². The molecule has 0 amide bonds. The van der Waals surface area contributed by atoms with Crippen LogP contribution in [0.3, 0.4) is 0 Å². The topological polar surface area (TPSA) is 0 Å². The van der Waals surface area contributed by atoms with Gasteiger partial charge < -0.3 is 0 Å². The highest BCUT2D eigenvalue weighted by molar-refractivity contribution is 5.04. The Morgan fingerprint density at radius 1 is 1.11 bits per heavy atom. The lowest BCUT2D eigenvalue weighted by Crippen LogP contribution is -1.73. The molecule has 0 fully saturated rings. The molecule has 0 aromatic heterocycles. The van der Waals surface area contributed by atoms with Crippen molar-refractivity contribution in [1.82, 2.24) is 0 Å². The van der Waals surface area contributed by atoms with Crippen LogP contribution in [0.25, 0.3) is 0 Å². The van der Waals surface area contributed by atoms with Crippen molar-refractivity contribution in [3.05, 3.63) is 16.9 Å². The van der Waals surface area contributed by atoms with Crippen LogP contribution in [0.2, 0.25) is 0 Å². The molecule has 0 atom stereocenters. The molecule has 0 unspecified atom stereocenters. The SMILES string of the molecule is CCC(=C=C(C)C)CC. The molecule has 9 heavy (non-hydrogen) atoms. The molecule has 0 aliphatic rings. The number of rotatable bonds is 2. The van der Waals surface area contributed by atoms with Gasteiger partial charge in [-0.2, -0.15) is 0 Å². The lowest BCUT2D eigenvalue weighted by atomic mass is 10.1. The average molecular weight is 124 g/mol. The van der Waals surface area contributed by atoms with Gasteiger partial charge in [-0.15, -0.1) is 5.73 Å². The van der Waals surface area contributed by atoms with E-state index in [1.165, 1.54) is 11.1 Å². The number of hydrogen-bond acceptors (Lipinski definition) is 0. The summed E-state index contributed by atoms with van der Waals surface area (Å²) in [7, 11) is 0. The zero-order valence-electron chi connectivity index (χ0n) is 6.91. The minimum Gasteiger partial charge on any atom is -0.123 e. The Bertz CT molecular complexity index is 124. The summed E-state index contributed by atoms with van der Waals surface area (Å²) in [6.07, 6.45) is 2.28. The van der Waals surface area contributed by atoms with Crippen molar-refractivity contribution < 1.29 is 0 Å². The molecule has 0 aliphatic heterocycles. The van der Waals surface area contributed by atoms with E-state index in [-0.39, 0.29) is 0 Å². The van der Waals surface area contributed by atoms with Crippen molar-refractivity contribution in [2.75, 3.05) is 0 Å². The van der Waals surface area contributed by atoms with E-state index in [2.05, 4.69) is 33.4 Å². The Kier molecular flexibility index (Phi) is 4.17. The fraction of sp³-hybridized carbons (Fsp3) is 0.667. The molecule has 0 heterocycles. The van der Waals surface area contributed by atoms with E-state index in [9.17, 15) is 0 Å². The minimum absolute atomic E-state index is 1.14. The molecule has 0 saturated heterocycles. The van der Waals surface area contributed by atoms with Crippen LogP contribution in [0.4, 0.5) is 0 Å². The molecule has 52 valence electrons. The predicted molar refractivity (Wildman–Crippen MR) is 42.5 cm³/mol. The Morgan fingerprint density at radius 2 is 1.56 bits per heavy atom. The molecule has 0 nitrogen and oxygen atoms in total. The molecule has 0 rings (SSSR count). The summed E-state index contributed by atoms with van der Waals surface area (Å²) in [4.78, 5) is 0. The predicted octanol–water partition coefficient (Wildman–Crippen LogP) is 3.30. The third kappa shape index (κ3) is 4.05. The van der Waals surface area contributed by atoms with Crippen LogP contribution < -0.4 is 0 Å². The van der Waals surface area contributed by atoms with E-state index < -0.39 is 0 Å². The molecular formula is C9H16. The zero-order valence-corrected chi connectivity index (χ0v) is 6.91. The van der Waals surface area contributed by atoms with Crippen LogP contribution in [-0.2, 0) is 0 Å². The van der Waals surface area contributed by atoms with Crippen LogP contribution in [-0.4, -0.2) is 0 Å². The minimum atomic E-state index is 1.14. The summed E-state index contributed by atoms with van der Waals surface area (Å²) in [5.74, 6) is 0. The van der Waals surface area contributed by atoms with Crippen molar-refractivity contribution in [3.63, 3.8) is 0 Å². The van der Waals surface area contributed by atoms with Gasteiger partial charge in [0.1, 0.15) is 0 Å². The van der Waals surface area contributed by atoms with E-state index in [0.29, 0.717) is 0 Å². The van der Waals surface area contributed by atoms with E-state index >= 15 is 0 Å². The van der Waals surface area contributed by atoms with Crippen LogP contribution in [0.1, 0.15) is 40.5 Å². The van der Waals surface area contributed by atoms with Crippen molar-refractivity contribution in [3.8, 4) is 0 Å². The van der Waals surface area contributed by atoms with Gasteiger partial charge in [-0.1, -0.05) is 13.8 Å². The largest absolute Gasteiger partial charge is 0.123 e. The first-order valence-corrected chi connectivity index (χ1v) is 3.62. The van der Waals surface area contributed by atoms with Crippen LogP contribution in [0.15, 0.2) is 16.9 Å². The second-order valence-corrected chi connectivity index (χ2v) is 2.44. The second kappa shape index (κ2) is 4.40. The van der Waals surface area contributed by atoms with Crippen molar-refractivity contribution in [2.24, 2.45) is 0 Å². The van der Waals surface area contributed by atoms with Gasteiger partial charge in [0.05, 0.1) is 0 Å². The molecular weight excluding hydrogens is 108 g/mol. The summed E-state index contributed by atoms with van der Waals surface area (Å²) >= 11 is 0. The maximum atomic E-state index is 3.31. The van der Waals surface area contributed by atoms with E-state index in [1.54, 1.807) is 0 Å². The Hall–Kier alpha value is -0.480. The summed E-state index contributed by atoms with van der Waals surface area (Å²) < 4.78 is 0. The monoisotopic (exact) mass is 124 g/mol. The molecule has 0 saturated carbocycles. The van der Waals surface area contributed by atoms with Gasteiger partial charge >= 0.3 is 0 Å². The first-order chi connectivity index (χ1) is 4.20. The van der Waals surface area contributed by atoms with Gasteiger partial charge in [0, 0.05) is 0 Å². The quantitative estimate of drug-likeness (QED) is 0.495. The summed E-state index contributed by atoms with van der Waals surface area (Å²) in [5, 5.41) is 0. The summed E-state index contributed by atoms with van der Waals surface area (Å²) in [6.45, 7) is 8.53. The number of hydrogen-bond donors (Lipinski definition) is 0. The summed E-state index contributed by atoms with van der Waals surface area (Å²) in [6, 6.07) is 0. The lowest BCUT2D eigenvalue weighted by Gasteiger charge is -1.92. The first-order valence-electron chi connectivity index (χ1n) is 3.62.